The Balaban J connectivity index is 2.10. The molecule has 9 heteroatoms. The zero-order chi connectivity index (χ0) is 18.6. The molecule has 2 rings (SSSR count). The summed E-state index contributed by atoms with van der Waals surface area (Å²) in [4.78, 5) is 23.9. The number of hydrogen-bond acceptors (Lipinski definition) is 6. The average molecular weight is 428 g/mol. The lowest BCUT2D eigenvalue weighted by Crippen LogP contribution is -2.16. The van der Waals surface area contributed by atoms with Crippen LogP contribution < -0.4 is 9.88 Å². The van der Waals surface area contributed by atoms with E-state index in [1.54, 1.807) is 24.3 Å². The third-order valence-electron chi connectivity index (χ3n) is 3.23. The number of ether oxygens (including phenoxy) is 2. The van der Waals surface area contributed by atoms with Crippen molar-refractivity contribution in [2.75, 3.05) is 13.7 Å². The van der Waals surface area contributed by atoms with Crippen LogP contribution in [0, 0.1) is 0 Å². The van der Waals surface area contributed by atoms with Gasteiger partial charge in [0.1, 0.15) is 5.75 Å². The molecule has 0 aliphatic rings. The van der Waals surface area contributed by atoms with Crippen LogP contribution in [-0.4, -0.2) is 33.9 Å². The molecule has 0 bridgehead atoms. The lowest BCUT2D eigenvalue weighted by atomic mass is 10.1. The zero-order valence-electron chi connectivity index (χ0n) is 13.1. The van der Waals surface area contributed by atoms with Gasteiger partial charge in [-0.05, 0) is 58.4 Å². The minimum absolute atomic E-state index is 0.0472. The fourth-order valence-corrected chi connectivity index (χ4v) is 2.86. The lowest BCUT2D eigenvalue weighted by molar-refractivity contribution is 0.0473. The van der Waals surface area contributed by atoms with Gasteiger partial charge in [0.15, 0.2) is 12.4 Å². The van der Waals surface area contributed by atoms with E-state index in [0.717, 1.165) is 6.07 Å². The van der Waals surface area contributed by atoms with Crippen LogP contribution in [0.4, 0.5) is 0 Å². The van der Waals surface area contributed by atoms with Crippen LogP contribution in [0.1, 0.15) is 20.7 Å². The van der Waals surface area contributed by atoms with Gasteiger partial charge in [0.25, 0.3) is 0 Å². The largest absolute Gasteiger partial charge is 0.497 e. The van der Waals surface area contributed by atoms with E-state index < -0.39 is 28.4 Å². The van der Waals surface area contributed by atoms with Crippen molar-refractivity contribution in [3.8, 4) is 5.75 Å². The van der Waals surface area contributed by atoms with Crippen LogP contribution >= 0.6 is 15.9 Å². The van der Waals surface area contributed by atoms with Crippen LogP contribution in [0.2, 0.25) is 0 Å². The Hall–Kier alpha value is -2.23. The molecule has 0 aliphatic heterocycles. The van der Waals surface area contributed by atoms with Gasteiger partial charge in [-0.3, -0.25) is 4.79 Å². The summed E-state index contributed by atoms with van der Waals surface area (Å²) < 4.78 is 33.0. The lowest BCUT2D eigenvalue weighted by Gasteiger charge is -2.08. The second kappa shape index (κ2) is 7.77. The normalized spacial score (nSPS) is 11.0. The Morgan fingerprint density at radius 3 is 2.32 bits per heavy atom. The molecule has 7 nitrogen and oxygen atoms in total. The van der Waals surface area contributed by atoms with Gasteiger partial charge in [-0.15, -0.1) is 0 Å². The van der Waals surface area contributed by atoms with Gasteiger partial charge in [0.2, 0.25) is 10.0 Å². The first-order valence-electron chi connectivity index (χ1n) is 6.89. The highest BCUT2D eigenvalue weighted by Gasteiger charge is 2.18. The molecule has 0 aromatic heterocycles. The number of carbonyl (C=O) groups is 2. The number of primary sulfonamides is 1. The van der Waals surface area contributed by atoms with Gasteiger partial charge in [0, 0.05) is 10.0 Å². The van der Waals surface area contributed by atoms with E-state index in [-0.39, 0.29) is 10.5 Å². The minimum Gasteiger partial charge on any atom is -0.497 e. The number of Topliss-reactive ketones (excluding diaryl/α,β-unsaturated/α-hetero) is 1. The molecule has 0 aliphatic carbocycles. The molecule has 0 atom stereocenters. The molecular formula is C16H14BrNO6S. The Morgan fingerprint density at radius 2 is 1.76 bits per heavy atom. The van der Waals surface area contributed by atoms with Crippen molar-refractivity contribution >= 4 is 37.7 Å². The topological polar surface area (TPSA) is 113 Å². The number of ketones is 1. The predicted molar refractivity (Wildman–Crippen MR) is 93.1 cm³/mol. The zero-order valence-corrected chi connectivity index (χ0v) is 15.5. The summed E-state index contributed by atoms with van der Waals surface area (Å²) in [6.45, 7) is -0.489. The van der Waals surface area contributed by atoms with E-state index in [2.05, 4.69) is 15.9 Å². The van der Waals surface area contributed by atoms with Gasteiger partial charge in [0.05, 0.1) is 17.6 Å². The molecular weight excluding hydrogens is 414 g/mol. The number of rotatable bonds is 6. The van der Waals surface area contributed by atoms with Crippen molar-refractivity contribution in [1.82, 2.24) is 0 Å². The van der Waals surface area contributed by atoms with E-state index in [0.29, 0.717) is 15.8 Å². The summed E-state index contributed by atoms with van der Waals surface area (Å²) in [6.07, 6.45) is 0. The number of nitrogens with two attached hydrogens (primary N) is 1. The van der Waals surface area contributed by atoms with Crippen LogP contribution in [0.15, 0.2) is 51.8 Å². The molecule has 0 saturated heterocycles. The fraction of sp³-hybridized carbons (Fsp3) is 0.125. The first-order chi connectivity index (χ1) is 11.7. The number of hydrogen-bond donors (Lipinski definition) is 1. The van der Waals surface area contributed by atoms with Gasteiger partial charge >= 0.3 is 5.97 Å². The first-order valence-corrected chi connectivity index (χ1v) is 9.23. The van der Waals surface area contributed by atoms with Gasteiger partial charge in [-0.1, -0.05) is 0 Å². The van der Waals surface area contributed by atoms with Crippen LogP contribution in [-0.2, 0) is 14.8 Å². The average Bonchev–Trinajstić information content (AvgIpc) is 2.58. The third kappa shape index (κ3) is 4.88. The predicted octanol–water partition coefficient (Wildman–Crippen LogP) is 2.14. The number of benzene rings is 2. The van der Waals surface area contributed by atoms with Crippen LogP contribution in [0.5, 0.6) is 5.75 Å². The third-order valence-corrected chi connectivity index (χ3v) is 4.84. The van der Waals surface area contributed by atoms with Crippen molar-refractivity contribution in [2.24, 2.45) is 5.14 Å². The van der Waals surface area contributed by atoms with Gasteiger partial charge in [-0.2, -0.15) is 0 Å². The summed E-state index contributed by atoms with van der Waals surface area (Å²) in [5, 5.41) is 5.04. The number of esters is 1. The summed E-state index contributed by atoms with van der Waals surface area (Å²) in [5.74, 6) is -0.661. The van der Waals surface area contributed by atoms with E-state index in [9.17, 15) is 18.0 Å². The van der Waals surface area contributed by atoms with E-state index in [1.807, 2.05) is 0 Å². The molecule has 2 aromatic rings. The molecule has 0 radical (unpaired) electrons. The minimum atomic E-state index is -3.96. The van der Waals surface area contributed by atoms with Gasteiger partial charge < -0.3 is 9.47 Å². The highest BCUT2D eigenvalue weighted by Crippen LogP contribution is 2.21. The molecule has 0 heterocycles. The maximum absolute atomic E-state index is 12.1. The molecule has 0 spiro atoms. The second-order valence-corrected chi connectivity index (χ2v) is 7.33. The van der Waals surface area contributed by atoms with Crippen LogP contribution in [0.25, 0.3) is 0 Å². The summed E-state index contributed by atoms with van der Waals surface area (Å²) in [7, 11) is -2.46. The summed E-state index contributed by atoms with van der Waals surface area (Å²) in [6, 6.07) is 10.0. The highest BCUT2D eigenvalue weighted by atomic mass is 79.9. The van der Waals surface area contributed by atoms with E-state index in [4.69, 9.17) is 14.6 Å². The van der Waals surface area contributed by atoms with E-state index >= 15 is 0 Å². The molecule has 0 amide bonds. The maximum atomic E-state index is 12.1. The number of methoxy groups -OCH3 is 1. The Kier molecular flexibility index (Phi) is 5.93. The quantitative estimate of drug-likeness (QED) is 0.557. The Labute approximate surface area is 152 Å². The fourth-order valence-electron chi connectivity index (χ4n) is 1.91. The highest BCUT2D eigenvalue weighted by molar-refractivity contribution is 9.10. The first kappa shape index (κ1) is 19.1. The SMILES string of the molecule is COc1ccc(C(=O)COC(=O)c2cc(S(N)(=O)=O)ccc2Br)cc1. The maximum Gasteiger partial charge on any atom is 0.339 e. The number of carbonyl (C=O) groups excluding carboxylic acids is 2. The van der Waals surface area contributed by atoms with E-state index in [1.165, 1.54) is 19.2 Å². The molecule has 0 fully saturated rings. The Bertz CT molecular complexity index is 909. The number of sulfonamides is 1. The number of halogens is 1. The van der Waals surface area contributed by atoms with Crippen LogP contribution in [0.3, 0.4) is 0 Å². The summed E-state index contributed by atoms with van der Waals surface area (Å²) in [5.41, 5.74) is 0.306. The Morgan fingerprint density at radius 1 is 1.12 bits per heavy atom. The monoisotopic (exact) mass is 427 g/mol. The molecule has 132 valence electrons. The molecule has 0 saturated carbocycles. The molecule has 25 heavy (non-hydrogen) atoms. The second-order valence-electron chi connectivity index (χ2n) is 4.91. The van der Waals surface area contributed by atoms with Crippen molar-refractivity contribution in [1.29, 1.82) is 0 Å². The summed E-state index contributed by atoms with van der Waals surface area (Å²) >= 11 is 3.13. The van der Waals surface area contributed by atoms with Crippen molar-refractivity contribution in [2.45, 2.75) is 4.90 Å². The van der Waals surface area contributed by atoms with Crippen molar-refractivity contribution in [3.63, 3.8) is 0 Å². The molecule has 0 unspecified atom stereocenters. The van der Waals surface area contributed by atoms with Crippen molar-refractivity contribution in [3.05, 3.63) is 58.1 Å². The standard InChI is InChI=1S/C16H14BrNO6S/c1-23-11-4-2-10(3-5-11)15(19)9-24-16(20)13-8-12(25(18,21)22)6-7-14(13)17/h2-8H,9H2,1H3,(H2,18,21,22). The smallest absolute Gasteiger partial charge is 0.339 e. The molecule has 2 aromatic carbocycles. The van der Waals surface area contributed by atoms with Gasteiger partial charge in [-0.25, -0.2) is 18.4 Å². The van der Waals surface area contributed by atoms with Crippen molar-refractivity contribution < 1.29 is 27.5 Å². The molecule has 2 N–H and O–H groups in total.